The van der Waals surface area contributed by atoms with Crippen molar-refractivity contribution < 1.29 is 4.79 Å². The van der Waals surface area contributed by atoms with Crippen LogP contribution in [0.1, 0.15) is 28.8 Å². The molecule has 0 fully saturated rings. The number of hydrogen-bond donors (Lipinski definition) is 0. The lowest BCUT2D eigenvalue weighted by atomic mass is 10.1. The molecule has 2 aromatic heterocycles. The SMILES string of the molecule is CCn1nc(CC(=O)c2cnc(C)cn2)c2ccccc21. The van der Waals surface area contributed by atoms with Crippen LogP contribution in [0.2, 0.25) is 0 Å². The number of aryl methyl sites for hydroxylation is 2. The number of rotatable bonds is 4. The van der Waals surface area contributed by atoms with E-state index in [-0.39, 0.29) is 12.2 Å². The summed E-state index contributed by atoms with van der Waals surface area (Å²) in [6.45, 7) is 4.66. The molecule has 1 aromatic carbocycles. The molecule has 0 saturated carbocycles. The first-order valence-corrected chi connectivity index (χ1v) is 6.95. The molecule has 0 atom stereocenters. The number of aromatic nitrogens is 4. The van der Waals surface area contributed by atoms with Gasteiger partial charge in [-0.3, -0.25) is 14.5 Å². The highest BCUT2D eigenvalue weighted by Gasteiger charge is 2.15. The zero-order chi connectivity index (χ0) is 14.8. The zero-order valence-electron chi connectivity index (χ0n) is 12.1. The van der Waals surface area contributed by atoms with Gasteiger partial charge in [0.05, 0.1) is 29.5 Å². The summed E-state index contributed by atoms with van der Waals surface area (Å²) in [5, 5.41) is 5.56. The largest absolute Gasteiger partial charge is 0.292 e. The number of fused-ring (bicyclic) bond motifs is 1. The lowest BCUT2D eigenvalue weighted by Gasteiger charge is -1.99. The van der Waals surface area contributed by atoms with Crippen molar-refractivity contribution in [3.8, 4) is 0 Å². The number of para-hydroxylation sites is 1. The topological polar surface area (TPSA) is 60.7 Å². The average molecular weight is 280 g/mol. The normalized spacial score (nSPS) is 11.0. The molecule has 5 heteroatoms. The van der Waals surface area contributed by atoms with Crippen LogP contribution in [0.25, 0.3) is 10.9 Å². The highest BCUT2D eigenvalue weighted by Crippen LogP contribution is 2.19. The molecule has 21 heavy (non-hydrogen) atoms. The molecule has 5 nitrogen and oxygen atoms in total. The molecule has 2 heterocycles. The molecule has 0 N–H and O–H groups in total. The van der Waals surface area contributed by atoms with E-state index in [1.165, 1.54) is 6.20 Å². The third-order valence-corrected chi connectivity index (χ3v) is 3.43. The molecule has 0 aliphatic carbocycles. The molecule has 0 aliphatic heterocycles. The highest BCUT2D eigenvalue weighted by molar-refractivity contribution is 5.97. The predicted octanol–water partition coefficient (Wildman–Crippen LogP) is 2.58. The number of nitrogens with zero attached hydrogens (tertiary/aromatic N) is 4. The van der Waals surface area contributed by atoms with Crippen LogP contribution in [0.15, 0.2) is 36.7 Å². The van der Waals surface area contributed by atoms with E-state index in [1.807, 2.05) is 42.8 Å². The second-order valence-corrected chi connectivity index (χ2v) is 4.92. The highest BCUT2D eigenvalue weighted by atomic mass is 16.1. The van der Waals surface area contributed by atoms with Gasteiger partial charge in [0.1, 0.15) is 5.69 Å². The van der Waals surface area contributed by atoms with Crippen molar-refractivity contribution in [1.29, 1.82) is 0 Å². The summed E-state index contributed by atoms with van der Waals surface area (Å²) in [5.74, 6) is -0.0611. The first-order chi connectivity index (χ1) is 10.2. The summed E-state index contributed by atoms with van der Waals surface area (Å²) in [5.41, 5.74) is 3.03. The average Bonchev–Trinajstić information content (AvgIpc) is 2.86. The molecule has 0 unspecified atom stereocenters. The monoisotopic (exact) mass is 280 g/mol. The van der Waals surface area contributed by atoms with E-state index >= 15 is 0 Å². The second kappa shape index (κ2) is 5.44. The van der Waals surface area contributed by atoms with Gasteiger partial charge in [-0.25, -0.2) is 4.98 Å². The van der Waals surface area contributed by atoms with Crippen molar-refractivity contribution in [2.75, 3.05) is 0 Å². The lowest BCUT2D eigenvalue weighted by molar-refractivity contribution is 0.0987. The van der Waals surface area contributed by atoms with E-state index < -0.39 is 0 Å². The fourth-order valence-corrected chi connectivity index (χ4v) is 2.35. The van der Waals surface area contributed by atoms with Crippen LogP contribution in [-0.4, -0.2) is 25.5 Å². The Hall–Kier alpha value is -2.56. The van der Waals surface area contributed by atoms with Gasteiger partial charge in [0.25, 0.3) is 0 Å². The predicted molar refractivity (Wildman–Crippen MR) is 80.2 cm³/mol. The molecule has 0 radical (unpaired) electrons. The molecule has 0 saturated heterocycles. The van der Waals surface area contributed by atoms with Crippen LogP contribution >= 0.6 is 0 Å². The summed E-state index contributed by atoms with van der Waals surface area (Å²) in [6, 6.07) is 7.96. The molecule has 3 aromatic rings. The molecule has 0 spiro atoms. The minimum atomic E-state index is -0.0611. The number of carbonyl (C=O) groups is 1. The molecule has 106 valence electrons. The van der Waals surface area contributed by atoms with E-state index in [1.54, 1.807) is 6.20 Å². The van der Waals surface area contributed by atoms with E-state index in [9.17, 15) is 4.79 Å². The fraction of sp³-hybridized carbons (Fsp3) is 0.250. The van der Waals surface area contributed by atoms with Crippen molar-refractivity contribution >= 4 is 16.7 Å². The molecule has 0 bridgehead atoms. The Morgan fingerprint density at radius 1 is 1.19 bits per heavy atom. The van der Waals surface area contributed by atoms with Gasteiger partial charge in [0.15, 0.2) is 5.78 Å². The number of hydrogen-bond acceptors (Lipinski definition) is 4. The van der Waals surface area contributed by atoms with E-state index in [0.29, 0.717) is 5.69 Å². The van der Waals surface area contributed by atoms with Gasteiger partial charge in [-0.15, -0.1) is 0 Å². The molecule has 0 aliphatic rings. The van der Waals surface area contributed by atoms with Crippen molar-refractivity contribution in [1.82, 2.24) is 19.7 Å². The van der Waals surface area contributed by atoms with Crippen LogP contribution in [0.3, 0.4) is 0 Å². The van der Waals surface area contributed by atoms with Crippen LogP contribution in [0, 0.1) is 6.92 Å². The van der Waals surface area contributed by atoms with Crippen LogP contribution in [-0.2, 0) is 13.0 Å². The van der Waals surface area contributed by atoms with E-state index in [4.69, 9.17) is 0 Å². The number of ketones is 1. The maximum absolute atomic E-state index is 12.3. The van der Waals surface area contributed by atoms with Crippen LogP contribution < -0.4 is 0 Å². The Morgan fingerprint density at radius 3 is 2.71 bits per heavy atom. The minimum Gasteiger partial charge on any atom is -0.292 e. The Bertz CT molecular complexity index is 790. The Kier molecular flexibility index (Phi) is 3.48. The van der Waals surface area contributed by atoms with Gasteiger partial charge in [-0.2, -0.15) is 5.10 Å². The fourth-order valence-electron chi connectivity index (χ4n) is 2.35. The first kappa shape index (κ1) is 13.4. The zero-order valence-corrected chi connectivity index (χ0v) is 12.1. The summed E-state index contributed by atoms with van der Waals surface area (Å²) in [6.07, 6.45) is 3.37. The van der Waals surface area contributed by atoms with Gasteiger partial charge in [0.2, 0.25) is 0 Å². The van der Waals surface area contributed by atoms with Gasteiger partial charge in [-0.1, -0.05) is 18.2 Å². The summed E-state index contributed by atoms with van der Waals surface area (Å²) < 4.78 is 1.92. The lowest BCUT2D eigenvalue weighted by Crippen LogP contribution is -2.08. The third-order valence-electron chi connectivity index (χ3n) is 3.43. The van der Waals surface area contributed by atoms with Crippen molar-refractivity contribution in [2.45, 2.75) is 26.8 Å². The van der Waals surface area contributed by atoms with Crippen molar-refractivity contribution in [3.05, 3.63) is 53.7 Å². The first-order valence-electron chi connectivity index (χ1n) is 6.95. The van der Waals surface area contributed by atoms with Crippen molar-refractivity contribution in [2.24, 2.45) is 0 Å². The Balaban J connectivity index is 1.94. The van der Waals surface area contributed by atoms with Gasteiger partial charge >= 0.3 is 0 Å². The Labute approximate surface area is 122 Å². The smallest absolute Gasteiger partial charge is 0.188 e. The molecular weight excluding hydrogens is 264 g/mol. The van der Waals surface area contributed by atoms with Gasteiger partial charge < -0.3 is 0 Å². The van der Waals surface area contributed by atoms with Crippen molar-refractivity contribution in [3.63, 3.8) is 0 Å². The van der Waals surface area contributed by atoms with Gasteiger partial charge in [0, 0.05) is 18.1 Å². The molecule has 0 amide bonds. The second-order valence-electron chi connectivity index (χ2n) is 4.92. The minimum absolute atomic E-state index is 0.0611. The maximum atomic E-state index is 12.3. The molecular formula is C16H16N4O. The summed E-state index contributed by atoms with van der Waals surface area (Å²) >= 11 is 0. The number of carbonyl (C=O) groups excluding carboxylic acids is 1. The quantitative estimate of drug-likeness (QED) is 0.689. The van der Waals surface area contributed by atoms with Crippen LogP contribution in [0.5, 0.6) is 0 Å². The molecule has 3 rings (SSSR count). The van der Waals surface area contributed by atoms with E-state index in [0.717, 1.165) is 28.8 Å². The standard InChI is InChI=1S/C16H16N4O/c1-3-20-15-7-5-4-6-12(15)13(19-20)8-16(21)14-10-17-11(2)9-18-14/h4-7,9-10H,3,8H2,1-2H3. The van der Waals surface area contributed by atoms with E-state index in [2.05, 4.69) is 15.1 Å². The van der Waals surface area contributed by atoms with Crippen LogP contribution in [0.4, 0.5) is 0 Å². The Morgan fingerprint density at radius 2 is 2.00 bits per heavy atom. The number of Topliss-reactive ketones (excluding diaryl/α,β-unsaturated/α-hetero) is 1. The number of benzene rings is 1. The summed E-state index contributed by atoms with van der Waals surface area (Å²) in [4.78, 5) is 20.6. The third kappa shape index (κ3) is 2.54. The maximum Gasteiger partial charge on any atom is 0.188 e. The van der Waals surface area contributed by atoms with Gasteiger partial charge in [-0.05, 0) is 19.9 Å². The summed E-state index contributed by atoms with van der Waals surface area (Å²) in [7, 11) is 0.